The van der Waals surface area contributed by atoms with E-state index in [1.165, 1.54) is 33.3 Å². The van der Waals surface area contributed by atoms with E-state index in [0.29, 0.717) is 42.4 Å². The molecule has 0 fully saturated rings. The summed E-state index contributed by atoms with van der Waals surface area (Å²) < 4.78 is 60.7. The molecule has 16 nitrogen and oxygen atoms in total. The number of amides is 2. The highest BCUT2D eigenvalue weighted by Crippen LogP contribution is 2.33. The highest BCUT2D eigenvalue weighted by Gasteiger charge is 2.32. The number of sulfonamides is 1. The second-order valence-electron chi connectivity index (χ2n) is 10.8. The minimum absolute atomic E-state index is 0.00866. The van der Waals surface area contributed by atoms with Gasteiger partial charge in [0.15, 0.2) is 20.6 Å². The van der Waals surface area contributed by atoms with E-state index in [-0.39, 0.29) is 40.9 Å². The number of anilines is 1. The Morgan fingerprint density at radius 1 is 1.10 bits per heavy atom. The zero-order valence-corrected chi connectivity index (χ0v) is 31.7. The highest BCUT2D eigenvalue weighted by molar-refractivity contribution is 7.99. The molecule has 2 amide bonds. The number of pyridine rings is 1. The van der Waals surface area contributed by atoms with Crippen LogP contribution in [0.3, 0.4) is 0 Å². The summed E-state index contributed by atoms with van der Waals surface area (Å²) in [5.41, 5.74) is 1.00. The van der Waals surface area contributed by atoms with Crippen molar-refractivity contribution in [1.29, 1.82) is 0 Å². The molecule has 0 bridgehead atoms. The summed E-state index contributed by atoms with van der Waals surface area (Å²) in [4.78, 5) is 40.4. The lowest BCUT2D eigenvalue weighted by molar-refractivity contribution is -0.116. The molecule has 278 valence electrons. The van der Waals surface area contributed by atoms with Gasteiger partial charge in [0.05, 0.1) is 37.3 Å². The number of carbonyl (C=O) groups excluding carboxylic acids is 2. The Morgan fingerprint density at radius 2 is 1.76 bits per heavy atom. The van der Waals surface area contributed by atoms with Gasteiger partial charge in [0.25, 0.3) is 10.0 Å². The quantitative estimate of drug-likeness (QED) is 0.156. The van der Waals surface area contributed by atoms with E-state index in [2.05, 4.69) is 39.3 Å². The number of hydrogen-bond acceptors (Lipinski definition) is 15. The van der Waals surface area contributed by atoms with Crippen LogP contribution in [0.2, 0.25) is 0 Å². The van der Waals surface area contributed by atoms with E-state index in [1.807, 2.05) is 25.6 Å². The molecule has 3 rings (SSSR count). The van der Waals surface area contributed by atoms with Gasteiger partial charge in [0.1, 0.15) is 17.3 Å². The van der Waals surface area contributed by atoms with Crippen LogP contribution in [0.15, 0.2) is 50.8 Å². The smallest absolute Gasteiger partial charge is 0.335 e. The van der Waals surface area contributed by atoms with Crippen LogP contribution in [0, 0.1) is 5.92 Å². The van der Waals surface area contributed by atoms with Gasteiger partial charge in [-0.1, -0.05) is 39.3 Å². The SMILES string of the molecule is CCCC(=NOCC)C1=C(O)CC(CC(C)SCC)CC1=O.CCS(=O)(=O)c1cccnc1S(=O)(=O)NC(=O)Nc1nc(OC)cc(OC)n1. The molecule has 0 saturated carbocycles. The first-order chi connectivity index (χ1) is 23.7. The van der Waals surface area contributed by atoms with Crippen molar-refractivity contribution < 1.29 is 45.8 Å². The number of Topliss-reactive ketones (excluding diaryl/α,β-unsaturated/α-hetero) is 1. The molecule has 0 saturated heterocycles. The van der Waals surface area contributed by atoms with Crippen LogP contribution in [0.1, 0.15) is 66.7 Å². The van der Waals surface area contributed by atoms with Gasteiger partial charge in [-0.3, -0.25) is 10.1 Å². The minimum Gasteiger partial charge on any atom is -0.511 e. The van der Waals surface area contributed by atoms with Gasteiger partial charge in [-0.05, 0) is 43.6 Å². The van der Waals surface area contributed by atoms with E-state index in [1.54, 1.807) is 4.72 Å². The van der Waals surface area contributed by atoms with Crippen molar-refractivity contribution in [3.63, 3.8) is 0 Å². The number of hydrogen-bond donors (Lipinski definition) is 3. The largest absolute Gasteiger partial charge is 0.511 e. The molecule has 0 aromatic carbocycles. The maximum absolute atomic E-state index is 12.5. The Bertz CT molecular complexity index is 1730. The fourth-order valence-electron chi connectivity index (χ4n) is 4.82. The number of aliphatic hydroxyl groups excluding tert-OH is 1. The molecular formula is C31H46N6O10S3. The Labute approximate surface area is 297 Å². The van der Waals surface area contributed by atoms with Crippen molar-refractivity contribution in [1.82, 2.24) is 19.7 Å². The Morgan fingerprint density at radius 3 is 2.30 bits per heavy atom. The molecule has 0 spiro atoms. The van der Waals surface area contributed by atoms with Crippen molar-refractivity contribution in [2.45, 2.75) is 81.9 Å². The number of urea groups is 1. The van der Waals surface area contributed by atoms with E-state index in [0.717, 1.165) is 30.9 Å². The minimum atomic E-state index is -4.61. The second kappa shape index (κ2) is 20.0. The molecule has 2 unspecified atom stereocenters. The monoisotopic (exact) mass is 758 g/mol. The van der Waals surface area contributed by atoms with Gasteiger partial charge >= 0.3 is 6.03 Å². The number of methoxy groups -OCH3 is 2. The molecule has 19 heteroatoms. The van der Waals surface area contributed by atoms with Gasteiger partial charge in [0, 0.05) is 24.3 Å². The summed E-state index contributed by atoms with van der Waals surface area (Å²) >= 11 is 1.90. The van der Waals surface area contributed by atoms with E-state index >= 15 is 0 Å². The average Bonchev–Trinajstić information content (AvgIpc) is 3.06. The number of thioether (sulfide) groups is 1. The molecule has 2 heterocycles. The summed E-state index contributed by atoms with van der Waals surface area (Å²) in [5.74, 6) is 1.00. The zero-order valence-electron chi connectivity index (χ0n) is 29.3. The van der Waals surface area contributed by atoms with E-state index < -0.39 is 35.8 Å². The Hall–Kier alpha value is -3.97. The lowest BCUT2D eigenvalue weighted by Crippen LogP contribution is -2.36. The summed E-state index contributed by atoms with van der Waals surface area (Å²) in [7, 11) is -5.85. The average molecular weight is 759 g/mol. The number of aromatic nitrogens is 3. The molecular weight excluding hydrogens is 713 g/mol. The first-order valence-electron chi connectivity index (χ1n) is 15.9. The number of oxime groups is 1. The van der Waals surface area contributed by atoms with Crippen molar-refractivity contribution in [2.75, 3.05) is 37.6 Å². The number of ether oxygens (including phenoxy) is 2. The van der Waals surface area contributed by atoms with Gasteiger partial charge in [-0.25, -0.2) is 22.9 Å². The predicted octanol–water partition coefficient (Wildman–Crippen LogP) is 4.69. The third kappa shape index (κ3) is 12.4. The summed E-state index contributed by atoms with van der Waals surface area (Å²) in [6.45, 7) is 10.0. The number of aliphatic hydroxyl groups is 1. The number of nitrogens with zero attached hydrogens (tertiary/aromatic N) is 4. The van der Waals surface area contributed by atoms with E-state index in [9.17, 15) is 31.5 Å². The zero-order chi connectivity index (χ0) is 37.5. The number of ketones is 1. The number of allylic oxidation sites excluding steroid dienone is 2. The van der Waals surface area contributed by atoms with Crippen LogP contribution < -0.4 is 19.5 Å². The van der Waals surface area contributed by atoms with Crippen molar-refractivity contribution in [3.05, 3.63) is 35.7 Å². The number of carbonyl (C=O) groups is 2. The molecule has 2 atom stereocenters. The van der Waals surface area contributed by atoms with Crippen molar-refractivity contribution in [3.8, 4) is 11.8 Å². The number of nitrogens with one attached hydrogen (secondary N) is 2. The van der Waals surface area contributed by atoms with Gasteiger partial charge in [-0.2, -0.15) is 30.1 Å². The normalized spacial score (nSPS) is 15.8. The number of rotatable bonds is 16. The van der Waals surface area contributed by atoms with Crippen LogP contribution in [0.25, 0.3) is 0 Å². The summed E-state index contributed by atoms with van der Waals surface area (Å²) in [6.07, 6.45) is 4.65. The van der Waals surface area contributed by atoms with Crippen molar-refractivity contribution >= 4 is 55.1 Å². The fourth-order valence-corrected chi connectivity index (χ4v) is 8.35. The first-order valence-corrected chi connectivity index (χ1v) is 20.1. The molecule has 1 aliphatic carbocycles. The lowest BCUT2D eigenvalue weighted by Gasteiger charge is -2.25. The molecule has 0 aliphatic heterocycles. The second-order valence-corrected chi connectivity index (χ2v) is 16.3. The maximum Gasteiger partial charge on any atom is 0.335 e. The fraction of sp³-hybridized carbons (Fsp3) is 0.548. The Balaban J connectivity index is 0.000000358. The van der Waals surface area contributed by atoms with Gasteiger partial charge < -0.3 is 19.4 Å². The summed E-state index contributed by atoms with van der Waals surface area (Å²) in [5, 5.41) is 16.2. The van der Waals surface area contributed by atoms with Crippen LogP contribution in [-0.2, 0) is 29.5 Å². The maximum atomic E-state index is 12.5. The Kier molecular flexibility index (Phi) is 16.9. The van der Waals surface area contributed by atoms with Gasteiger partial charge in [0.2, 0.25) is 17.7 Å². The number of sulfone groups is 1. The van der Waals surface area contributed by atoms with Crippen LogP contribution >= 0.6 is 11.8 Å². The molecule has 3 N–H and O–H groups in total. The molecule has 1 aliphatic rings. The highest BCUT2D eigenvalue weighted by atomic mass is 32.2. The van der Waals surface area contributed by atoms with Gasteiger partial charge in [-0.15, -0.1) is 0 Å². The summed E-state index contributed by atoms with van der Waals surface area (Å²) in [6, 6.07) is 2.47. The van der Waals surface area contributed by atoms with Crippen molar-refractivity contribution in [2.24, 2.45) is 11.1 Å². The third-order valence-corrected chi connectivity index (χ3v) is 11.2. The van der Waals surface area contributed by atoms with E-state index in [4.69, 9.17) is 14.3 Å². The first kappa shape index (κ1) is 42.2. The molecule has 2 aromatic heterocycles. The molecule has 50 heavy (non-hydrogen) atoms. The van der Waals surface area contributed by atoms with Crippen LogP contribution in [-0.4, -0.2) is 92.0 Å². The molecule has 0 radical (unpaired) electrons. The molecule has 2 aromatic rings. The standard InChI is InChI=1S/C17H29NO3S.C14H17N5O7S2/c1-5-8-14(18-21-6-2)17-15(19)10-13(11-16(17)20)9-12(4)22-7-3;1-4-27(21,22)9-6-5-7-15-12(9)28(23,24)19-14(20)18-13-16-10(25-2)8-11(17-13)26-3/h12-13,19H,5-11H2,1-4H3;5-8H,4H2,1-3H3,(H2,16,17,18,19,20). The topological polar surface area (TPSA) is 225 Å². The van der Waals surface area contributed by atoms with Crippen LogP contribution in [0.4, 0.5) is 10.7 Å². The predicted molar refractivity (Wildman–Crippen MR) is 190 cm³/mol. The third-order valence-electron chi connectivity index (χ3n) is 6.97. The van der Waals surface area contributed by atoms with Crippen LogP contribution in [0.5, 0.6) is 11.8 Å². The lowest BCUT2D eigenvalue weighted by atomic mass is 9.82.